The van der Waals surface area contributed by atoms with Gasteiger partial charge >= 0.3 is 17.9 Å². The number of carbonyl (C=O) groups is 4. The normalized spacial score (nSPS) is 11.2. The van der Waals surface area contributed by atoms with Gasteiger partial charge in [0.25, 0.3) is 0 Å². The van der Waals surface area contributed by atoms with Crippen LogP contribution >= 0.6 is 0 Å². The highest BCUT2D eigenvalue weighted by Crippen LogP contribution is 2.10. The molecule has 6 heteroatoms. The van der Waals surface area contributed by atoms with Gasteiger partial charge < -0.3 is 9.84 Å². The highest BCUT2D eigenvalue weighted by atomic mass is 16.6. The molecule has 142 valence electrons. The minimum Gasteiger partial charge on any atom is -0.481 e. The Morgan fingerprint density at radius 2 is 1.81 bits per heavy atom. The van der Waals surface area contributed by atoms with Crippen molar-refractivity contribution in [2.45, 2.75) is 47.0 Å². The number of Topliss-reactive ketones (excluding diaryl/α,β-unsaturated/α-hetero) is 1. The number of esters is 2. The Hall–Kier alpha value is -2.76. The maximum Gasteiger partial charge on any atom is 0.346 e. The number of carboxylic acids is 1. The third-order valence-electron chi connectivity index (χ3n) is 3.50. The lowest BCUT2D eigenvalue weighted by atomic mass is 10.0. The van der Waals surface area contributed by atoms with Crippen LogP contribution in [0.5, 0.6) is 0 Å². The molecule has 26 heavy (non-hydrogen) atoms. The molecule has 0 saturated heterocycles. The van der Waals surface area contributed by atoms with E-state index in [1.54, 1.807) is 12.1 Å². The fourth-order valence-electron chi connectivity index (χ4n) is 1.96. The number of ketones is 1. The fourth-order valence-corrected chi connectivity index (χ4v) is 1.96. The summed E-state index contributed by atoms with van der Waals surface area (Å²) in [5, 5.41) is 8.47. The van der Waals surface area contributed by atoms with Crippen LogP contribution in [-0.4, -0.2) is 28.8 Å². The highest BCUT2D eigenvalue weighted by molar-refractivity contribution is 5.98. The van der Waals surface area contributed by atoms with Crippen LogP contribution in [0, 0.1) is 5.92 Å². The number of allylic oxidation sites excluding steroid dienone is 2. The number of aryl methyl sites for hydroxylation is 1. The Morgan fingerprint density at radius 3 is 2.31 bits per heavy atom. The van der Waals surface area contributed by atoms with Gasteiger partial charge in [-0.3, -0.25) is 14.4 Å². The molecule has 0 amide bonds. The molecule has 1 aromatic rings. The fraction of sp³-hybridized carbons (Fsp3) is 0.400. The molecule has 1 unspecified atom stereocenters. The Bertz CT molecular complexity index is 660. The maximum absolute atomic E-state index is 11.4. The molecule has 0 radical (unpaired) electrons. The summed E-state index contributed by atoms with van der Waals surface area (Å²) >= 11 is 0. The average molecular weight is 362 g/mol. The van der Waals surface area contributed by atoms with Crippen molar-refractivity contribution in [1.82, 2.24) is 0 Å². The summed E-state index contributed by atoms with van der Waals surface area (Å²) in [7, 11) is 0. The van der Waals surface area contributed by atoms with Gasteiger partial charge in [-0.2, -0.15) is 0 Å². The SMILES string of the molecule is CC=CCCC(=O)C(C)C(=O)O.CCc1ccccc1C(=O)OC(C)=O. The zero-order valence-corrected chi connectivity index (χ0v) is 15.7. The first-order valence-electron chi connectivity index (χ1n) is 8.41. The predicted molar refractivity (Wildman–Crippen MR) is 97.8 cm³/mol. The van der Waals surface area contributed by atoms with E-state index < -0.39 is 23.8 Å². The van der Waals surface area contributed by atoms with Crippen LogP contribution in [0.25, 0.3) is 0 Å². The van der Waals surface area contributed by atoms with Gasteiger partial charge in [0.2, 0.25) is 0 Å². The molecule has 0 bridgehead atoms. The zero-order valence-electron chi connectivity index (χ0n) is 15.7. The molecule has 0 aliphatic carbocycles. The summed E-state index contributed by atoms with van der Waals surface area (Å²) in [6.07, 6.45) is 5.39. The summed E-state index contributed by atoms with van der Waals surface area (Å²) in [5.41, 5.74) is 1.35. The molecule has 1 atom stereocenters. The van der Waals surface area contributed by atoms with Gasteiger partial charge in [-0.05, 0) is 38.3 Å². The van der Waals surface area contributed by atoms with Gasteiger partial charge in [0.1, 0.15) is 11.7 Å². The molecule has 0 aromatic heterocycles. The monoisotopic (exact) mass is 362 g/mol. The summed E-state index contributed by atoms with van der Waals surface area (Å²) in [4.78, 5) is 43.4. The number of rotatable bonds is 7. The molecule has 1 N–H and O–H groups in total. The van der Waals surface area contributed by atoms with Gasteiger partial charge in [0.05, 0.1) is 5.56 Å². The molecule has 0 saturated carbocycles. The van der Waals surface area contributed by atoms with E-state index in [0.29, 0.717) is 18.4 Å². The Morgan fingerprint density at radius 1 is 1.19 bits per heavy atom. The minimum atomic E-state index is -1.04. The van der Waals surface area contributed by atoms with Gasteiger partial charge in [0.15, 0.2) is 0 Å². The quantitative estimate of drug-likeness (QED) is 0.452. The minimum absolute atomic E-state index is 0.208. The Balaban J connectivity index is 0.000000488. The molecule has 1 rings (SSSR count). The van der Waals surface area contributed by atoms with E-state index in [2.05, 4.69) is 4.74 Å². The van der Waals surface area contributed by atoms with Crippen molar-refractivity contribution in [2.24, 2.45) is 5.92 Å². The van der Waals surface area contributed by atoms with Crippen molar-refractivity contribution < 1.29 is 29.0 Å². The predicted octanol–water partition coefficient (Wildman–Crippen LogP) is 3.58. The lowest BCUT2D eigenvalue weighted by Crippen LogP contribution is -2.19. The van der Waals surface area contributed by atoms with Crippen molar-refractivity contribution >= 4 is 23.7 Å². The summed E-state index contributed by atoms with van der Waals surface area (Å²) < 4.78 is 4.50. The first-order valence-corrected chi connectivity index (χ1v) is 8.41. The smallest absolute Gasteiger partial charge is 0.346 e. The molecule has 1 aromatic carbocycles. The molecule has 0 heterocycles. The molecule has 6 nitrogen and oxygen atoms in total. The van der Waals surface area contributed by atoms with Crippen molar-refractivity contribution in [2.75, 3.05) is 0 Å². The summed E-state index contributed by atoms with van der Waals surface area (Å²) in [5.74, 6) is -3.27. The first kappa shape index (κ1) is 23.2. The number of ether oxygens (including phenoxy) is 1. The van der Waals surface area contributed by atoms with Crippen LogP contribution in [0.1, 0.15) is 56.5 Å². The number of carboxylic acid groups (broad SMARTS) is 1. The lowest BCUT2D eigenvalue weighted by molar-refractivity contribution is -0.145. The number of carbonyl (C=O) groups excluding carboxylic acids is 3. The molecule has 0 aliphatic rings. The van der Waals surface area contributed by atoms with Crippen LogP contribution in [0.3, 0.4) is 0 Å². The second-order valence-corrected chi connectivity index (χ2v) is 5.53. The van der Waals surface area contributed by atoms with Gasteiger partial charge in [-0.15, -0.1) is 0 Å². The van der Waals surface area contributed by atoms with E-state index in [9.17, 15) is 19.2 Å². The highest BCUT2D eigenvalue weighted by Gasteiger charge is 2.18. The lowest BCUT2D eigenvalue weighted by Gasteiger charge is -2.04. The molecular formula is C20H26O6. The van der Waals surface area contributed by atoms with Crippen LogP contribution in [0.15, 0.2) is 36.4 Å². The Kier molecular flexibility index (Phi) is 11.2. The van der Waals surface area contributed by atoms with Crippen LogP contribution < -0.4 is 0 Å². The molecule has 0 aliphatic heterocycles. The van der Waals surface area contributed by atoms with E-state index >= 15 is 0 Å². The van der Waals surface area contributed by atoms with E-state index in [4.69, 9.17) is 5.11 Å². The average Bonchev–Trinajstić information content (AvgIpc) is 2.60. The van der Waals surface area contributed by atoms with Crippen molar-refractivity contribution in [1.29, 1.82) is 0 Å². The summed E-state index contributed by atoms with van der Waals surface area (Å²) in [6, 6.07) is 7.10. The molecular weight excluding hydrogens is 336 g/mol. The zero-order chi connectivity index (χ0) is 20.1. The molecule has 0 spiro atoms. The largest absolute Gasteiger partial charge is 0.481 e. The number of benzene rings is 1. The second-order valence-electron chi connectivity index (χ2n) is 5.53. The van der Waals surface area contributed by atoms with Crippen LogP contribution in [0.4, 0.5) is 0 Å². The molecule has 0 fully saturated rings. The third kappa shape index (κ3) is 8.92. The van der Waals surface area contributed by atoms with E-state index in [0.717, 1.165) is 12.0 Å². The third-order valence-corrected chi connectivity index (χ3v) is 3.50. The van der Waals surface area contributed by atoms with E-state index in [1.807, 2.05) is 38.1 Å². The van der Waals surface area contributed by atoms with Crippen LogP contribution in [-0.2, 0) is 25.5 Å². The van der Waals surface area contributed by atoms with Crippen molar-refractivity contribution in [3.8, 4) is 0 Å². The second kappa shape index (κ2) is 12.6. The standard InChI is InChI=1S/C11H12O3.C9H14O3/c1-3-9-6-4-5-7-10(9)11(13)14-8(2)12;1-3-4-5-6-8(10)7(2)9(11)12/h4-7H,3H2,1-2H3;3-4,7H,5-6H2,1-2H3,(H,11,12). The number of aliphatic carboxylic acids is 1. The van der Waals surface area contributed by atoms with Crippen molar-refractivity contribution in [3.63, 3.8) is 0 Å². The Labute approximate surface area is 153 Å². The first-order chi connectivity index (χ1) is 12.2. The topological polar surface area (TPSA) is 97.7 Å². The number of hydrogen-bond donors (Lipinski definition) is 1. The van der Waals surface area contributed by atoms with Gasteiger partial charge in [-0.25, -0.2) is 4.79 Å². The summed E-state index contributed by atoms with van der Waals surface area (Å²) in [6.45, 7) is 6.44. The van der Waals surface area contributed by atoms with Gasteiger partial charge in [0, 0.05) is 13.3 Å². The maximum atomic E-state index is 11.4. The van der Waals surface area contributed by atoms with Crippen molar-refractivity contribution in [3.05, 3.63) is 47.5 Å². The number of hydrogen-bond acceptors (Lipinski definition) is 5. The van der Waals surface area contributed by atoms with E-state index in [-0.39, 0.29) is 5.78 Å². The van der Waals surface area contributed by atoms with Gasteiger partial charge in [-0.1, -0.05) is 37.3 Å². The van der Waals surface area contributed by atoms with E-state index in [1.165, 1.54) is 13.8 Å². The van der Waals surface area contributed by atoms with Crippen LogP contribution in [0.2, 0.25) is 0 Å².